The van der Waals surface area contributed by atoms with Crippen molar-refractivity contribution in [2.45, 2.75) is 38.5 Å². The van der Waals surface area contributed by atoms with Crippen molar-refractivity contribution in [3.8, 4) is 0 Å². The fourth-order valence-electron chi connectivity index (χ4n) is 3.87. The second kappa shape index (κ2) is 7.96. The van der Waals surface area contributed by atoms with Crippen LogP contribution in [0.1, 0.15) is 17.0 Å². The number of hydrogen-bond donors (Lipinski definition) is 1. The van der Waals surface area contributed by atoms with Crippen LogP contribution in [-0.2, 0) is 15.9 Å². The molecule has 7 heteroatoms. The van der Waals surface area contributed by atoms with Gasteiger partial charge >= 0.3 is 0 Å². The van der Waals surface area contributed by atoms with Crippen molar-refractivity contribution >= 4 is 5.69 Å². The number of aromatic nitrogens is 1. The summed E-state index contributed by atoms with van der Waals surface area (Å²) in [5.41, 5.74) is 2.92. The number of halogens is 1. The van der Waals surface area contributed by atoms with Gasteiger partial charge in [0.05, 0.1) is 37.2 Å². The van der Waals surface area contributed by atoms with Crippen molar-refractivity contribution in [2.75, 3.05) is 38.2 Å². The molecular weight excluding hydrogens is 349 g/mol. The first-order valence-corrected chi connectivity index (χ1v) is 9.48. The number of likely N-dealkylation sites (tertiary alicyclic amines) is 1. The maximum Gasteiger partial charge on any atom is 0.137 e. The number of rotatable bonds is 5. The van der Waals surface area contributed by atoms with Gasteiger partial charge in [-0.25, -0.2) is 4.39 Å². The quantitative estimate of drug-likeness (QED) is 0.867. The second-order valence-corrected chi connectivity index (χ2v) is 7.41. The van der Waals surface area contributed by atoms with Gasteiger partial charge in [0.1, 0.15) is 11.6 Å². The van der Waals surface area contributed by atoms with Crippen molar-refractivity contribution in [1.82, 2.24) is 10.1 Å². The van der Waals surface area contributed by atoms with Crippen molar-refractivity contribution in [1.29, 1.82) is 0 Å². The molecule has 27 heavy (non-hydrogen) atoms. The van der Waals surface area contributed by atoms with Crippen molar-refractivity contribution < 1.29 is 18.4 Å². The van der Waals surface area contributed by atoms with Crippen LogP contribution in [0.3, 0.4) is 0 Å². The molecule has 2 saturated heterocycles. The van der Waals surface area contributed by atoms with Crippen LogP contribution < -0.4 is 5.32 Å². The lowest BCUT2D eigenvalue weighted by Crippen LogP contribution is -2.31. The normalized spacial score (nSPS) is 24.0. The van der Waals surface area contributed by atoms with E-state index in [9.17, 15) is 4.39 Å². The van der Waals surface area contributed by atoms with E-state index in [1.54, 1.807) is 6.07 Å². The average molecular weight is 375 g/mol. The molecule has 1 aromatic heterocycles. The number of aryl methyl sites for hydroxylation is 2. The van der Waals surface area contributed by atoms with Crippen LogP contribution >= 0.6 is 0 Å². The van der Waals surface area contributed by atoms with Crippen molar-refractivity contribution in [3.63, 3.8) is 0 Å². The summed E-state index contributed by atoms with van der Waals surface area (Å²) < 4.78 is 30.8. The van der Waals surface area contributed by atoms with Gasteiger partial charge in [0.2, 0.25) is 0 Å². The van der Waals surface area contributed by atoms with E-state index in [1.807, 2.05) is 19.9 Å². The zero-order valence-electron chi connectivity index (χ0n) is 15.8. The summed E-state index contributed by atoms with van der Waals surface area (Å²) in [6, 6.07) is 6.50. The van der Waals surface area contributed by atoms with Crippen LogP contribution in [0.2, 0.25) is 0 Å². The summed E-state index contributed by atoms with van der Waals surface area (Å²) in [6.07, 6.45) is 1.08. The van der Waals surface area contributed by atoms with Gasteiger partial charge in [0.25, 0.3) is 0 Å². The van der Waals surface area contributed by atoms with Crippen LogP contribution in [0.4, 0.5) is 10.1 Å². The molecule has 0 amide bonds. The Balaban J connectivity index is 1.27. The zero-order valence-corrected chi connectivity index (χ0v) is 15.8. The first kappa shape index (κ1) is 18.4. The predicted octanol–water partition coefficient (Wildman–Crippen LogP) is 2.55. The van der Waals surface area contributed by atoms with Crippen molar-refractivity contribution in [3.05, 3.63) is 47.1 Å². The first-order chi connectivity index (χ1) is 13.1. The van der Waals surface area contributed by atoms with Gasteiger partial charge < -0.3 is 19.3 Å². The second-order valence-electron chi connectivity index (χ2n) is 7.41. The molecule has 0 bridgehead atoms. The lowest BCUT2D eigenvalue weighted by atomic mass is 10.1. The van der Waals surface area contributed by atoms with Gasteiger partial charge in [-0.15, -0.1) is 0 Å². The van der Waals surface area contributed by atoms with E-state index in [-0.39, 0.29) is 24.1 Å². The van der Waals surface area contributed by atoms with Gasteiger partial charge in [-0.1, -0.05) is 11.2 Å². The fraction of sp³-hybridized carbons (Fsp3) is 0.550. The molecule has 0 saturated carbocycles. The minimum Gasteiger partial charge on any atom is -0.378 e. The summed E-state index contributed by atoms with van der Waals surface area (Å²) in [5, 5.41) is 7.32. The van der Waals surface area contributed by atoms with Gasteiger partial charge in [0, 0.05) is 30.9 Å². The molecule has 2 aliphatic heterocycles. The van der Waals surface area contributed by atoms with Gasteiger partial charge in [0.15, 0.2) is 0 Å². The maximum absolute atomic E-state index is 13.3. The molecule has 0 radical (unpaired) electrons. The number of nitrogens with zero attached hydrogens (tertiary/aromatic N) is 2. The van der Waals surface area contributed by atoms with Crippen LogP contribution in [0, 0.1) is 19.7 Å². The largest absolute Gasteiger partial charge is 0.378 e. The van der Waals surface area contributed by atoms with Crippen LogP contribution in [0.5, 0.6) is 0 Å². The molecule has 2 fully saturated rings. The number of ether oxygens (including phenoxy) is 2. The maximum atomic E-state index is 13.3. The summed E-state index contributed by atoms with van der Waals surface area (Å²) in [6.45, 7) is 7.71. The molecule has 0 aliphatic carbocycles. The van der Waals surface area contributed by atoms with E-state index in [0.29, 0.717) is 13.2 Å². The highest BCUT2D eigenvalue weighted by molar-refractivity contribution is 5.44. The van der Waals surface area contributed by atoms with Gasteiger partial charge in [-0.2, -0.15) is 0 Å². The molecule has 1 aromatic carbocycles. The Hall–Kier alpha value is -1.96. The molecule has 2 aliphatic rings. The van der Waals surface area contributed by atoms with Crippen LogP contribution in [-0.4, -0.2) is 61.2 Å². The number of nitrogens with one attached hydrogen (secondary N) is 1. The minimum atomic E-state index is -0.249. The van der Waals surface area contributed by atoms with E-state index < -0.39 is 0 Å². The molecule has 3 heterocycles. The van der Waals surface area contributed by atoms with E-state index in [2.05, 4.69) is 15.4 Å². The fourth-order valence-corrected chi connectivity index (χ4v) is 3.87. The number of fused-ring (bicyclic) bond motifs is 1. The van der Waals surface area contributed by atoms with Crippen LogP contribution in [0.15, 0.2) is 28.8 Å². The molecule has 146 valence electrons. The molecule has 4 rings (SSSR count). The summed E-state index contributed by atoms with van der Waals surface area (Å²) in [5.74, 6) is 0.654. The molecule has 0 unspecified atom stereocenters. The third kappa shape index (κ3) is 4.31. The lowest BCUT2D eigenvalue weighted by molar-refractivity contribution is -0.00461. The summed E-state index contributed by atoms with van der Waals surface area (Å²) >= 11 is 0. The predicted molar refractivity (Wildman–Crippen MR) is 99.4 cm³/mol. The Bertz CT molecular complexity index is 746. The van der Waals surface area contributed by atoms with Gasteiger partial charge in [-0.3, -0.25) is 4.90 Å². The molecule has 2 atom stereocenters. The van der Waals surface area contributed by atoms with Crippen LogP contribution in [0.25, 0.3) is 0 Å². The van der Waals surface area contributed by atoms with E-state index in [4.69, 9.17) is 14.0 Å². The lowest BCUT2D eigenvalue weighted by Gasteiger charge is -2.20. The van der Waals surface area contributed by atoms with Crippen molar-refractivity contribution in [2.24, 2.45) is 0 Å². The average Bonchev–Trinajstić information content (AvgIpc) is 3.12. The number of benzene rings is 1. The Morgan fingerprint density at radius 3 is 2.56 bits per heavy atom. The highest BCUT2D eigenvalue weighted by atomic mass is 19.1. The monoisotopic (exact) mass is 375 g/mol. The Kier molecular flexibility index (Phi) is 5.43. The summed E-state index contributed by atoms with van der Waals surface area (Å²) in [7, 11) is 0. The molecular formula is C20H26FN3O3. The number of hydrogen-bond acceptors (Lipinski definition) is 6. The highest BCUT2D eigenvalue weighted by Crippen LogP contribution is 2.23. The third-order valence-corrected chi connectivity index (χ3v) is 5.37. The Morgan fingerprint density at radius 1 is 1.19 bits per heavy atom. The first-order valence-electron chi connectivity index (χ1n) is 9.48. The minimum absolute atomic E-state index is 0.0214. The summed E-state index contributed by atoms with van der Waals surface area (Å²) in [4.78, 5) is 2.38. The van der Waals surface area contributed by atoms with E-state index in [1.165, 1.54) is 17.7 Å². The van der Waals surface area contributed by atoms with E-state index in [0.717, 1.165) is 43.2 Å². The Labute approximate surface area is 158 Å². The van der Waals surface area contributed by atoms with E-state index >= 15 is 0 Å². The molecule has 2 aromatic rings. The topological polar surface area (TPSA) is 59.8 Å². The Morgan fingerprint density at radius 2 is 1.93 bits per heavy atom. The third-order valence-electron chi connectivity index (χ3n) is 5.37. The SMILES string of the molecule is Cc1noc(C)c1CCN1C[C@@H]2OCC(Nc3cccc(F)c3)CO[C@H]2C1. The zero-order chi connectivity index (χ0) is 18.8. The molecule has 0 spiro atoms. The highest BCUT2D eigenvalue weighted by Gasteiger charge is 2.37. The molecule has 1 N–H and O–H groups in total. The number of anilines is 1. The standard InChI is InChI=1S/C20H26FN3O3/c1-13-18(14(2)27-23-13)6-7-24-9-19-20(10-24)26-12-17(11-25-19)22-16-5-3-4-15(21)8-16/h3-5,8,17,19-20,22H,6-7,9-12H2,1-2H3/t19-,20-/m0/s1. The smallest absolute Gasteiger partial charge is 0.137 e. The molecule has 6 nitrogen and oxygen atoms in total. The van der Waals surface area contributed by atoms with Gasteiger partial charge in [-0.05, 0) is 38.5 Å².